The minimum absolute atomic E-state index is 0. The van der Waals surface area contributed by atoms with Crippen LogP contribution >= 0.6 is 24.8 Å². The van der Waals surface area contributed by atoms with E-state index >= 15 is 0 Å². The van der Waals surface area contributed by atoms with Gasteiger partial charge < -0.3 is 0 Å². The molecule has 0 bridgehead atoms. The molecule has 2 atom stereocenters. The standard InChI is InChI=1S/2C9H7.C7H7.2ClH.H2Si.Zr/c2*1-2-5-9-7-3-6-8(9)4-1;1-7-5-3-2-4-6-7;;;;/h2*1-7H;2-6H,1H2;2*1H;1H2;. The number of rotatable bonds is 4. The first kappa shape index (κ1) is 22.5. The van der Waals surface area contributed by atoms with E-state index in [0.29, 0.717) is 7.25 Å². The molecule has 0 radical (unpaired) electrons. The van der Waals surface area contributed by atoms with Crippen LogP contribution in [0.1, 0.15) is 35.1 Å². The summed E-state index contributed by atoms with van der Waals surface area (Å²) < 4.78 is 2.55. The van der Waals surface area contributed by atoms with Crippen LogP contribution < -0.4 is 0 Å². The van der Waals surface area contributed by atoms with Crippen LogP contribution in [0.2, 0.25) is 0 Å². The van der Waals surface area contributed by atoms with Gasteiger partial charge >= 0.3 is 168 Å². The molecule has 0 nitrogen and oxygen atoms in total. The molecule has 147 valence electrons. The zero-order chi connectivity index (χ0) is 18.3. The van der Waals surface area contributed by atoms with Crippen molar-refractivity contribution in [1.29, 1.82) is 0 Å². The molecule has 3 aromatic carbocycles. The van der Waals surface area contributed by atoms with Gasteiger partial charge in [-0.3, -0.25) is 0 Å². The van der Waals surface area contributed by atoms with Crippen LogP contribution in [0.25, 0.3) is 12.2 Å². The molecule has 0 saturated heterocycles. The summed E-state index contributed by atoms with van der Waals surface area (Å²) in [5.74, 6) is 0. The third kappa shape index (κ3) is 4.06. The number of allylic oxidation sites excluding steroid dienone is 2. The summed E-state index contributed by atoms with van der Waals surface area (Å²) in [4.78, 5) is 0. The summed E-state index contributed by atoms with van der Waals surface area (Å²) in [5.41, 5.74) is 7.50. The first-order chi connectivity index (χ1) is 13.3. The molecular formula is C25H25Cl2SiZr. The van der Waals surface area contributed by atoms with Crippen molar-refractivity contribution >= 4 is 43.8 Å². The molecule has 0 N–H and O–H groups in total. The van der Waals surface area contributed by atoms with Crippen LogP contribution in [0.15, 0.2) is 91.0 Å². The van der Waals surface area contributed by atoms with Crippen LogP contribution in [0.3, 0.4) is 0 Å². The van der Waals surface area contributed by atoms with Gasteiger partial charge in [0.1, 0.15) is 0 Å². The second-order valence-electron chi connectivity index (χ2n) is 7.83. The van der Waals surface area contributed by atoms with E-state index in [2.05, 4.69) is 110 Å². The van der Waals surface area contributed by atoms with Gasteiger partial charge in [-0.05, 0) is 0 Å². The minimum atomic E-state index is -2.73. The monoisotopic (exact) mass is 513 g/mol. The molecule has 2 aliphatic rings. The maximum absolute atomic E-state index is 2.73. The molecule has 4 heteroatoms. The summed E-state index contributed by atoms with van der Waals surface area (Å²) in [6, 6.07) is 29.3. The third-order valence-corrected chi connectivity index (χ3v) is 24.1. The van der Waals surface area contributed by atoms with Crippen LogP contribution in [-0.4, -0.2) is 6.88 Å². The van der Waals surface area contributed by atoms with Gasteiger partial charge in [0.05, 0.1) is 0 Å². The number of hydrogen-bond donors (Lipinski definition) is 0. The summed E-state index contributed by atoms with van der Waals surface area (Å²) in [7, 11) is 0. The second kappa shape index (κ2) is 9.31. The van der Waals surface area contributed by atoms with Crippen molar-refractivity contribution in [1.82, 2.24) is 0 Å². The van der Waals surface area contributed by atoms with Gasteiger partial charge in [0, 0.05) is 0 Å². The van der Waals surface area contributed by atoms with Crippen LogP contribution in [-0.2, 0) is 23.0 Å². The maximum atomic E-state index is 2.53. The molecule has 2 aliphatic carbocycles. The van der Waals surface area contributed by atoms with Crippen molar-refractivity contribution in [3.05, 3.63) is 119 Å². The summed E-state index contributed by atoms with van der Waals surface area (Å²) >= 11 is -2.73. The Morgan fingerprint density at radius 2 is 1.07 bits per heavy atom. The molecule has 0 amide bonds. The molecule has 0 saturated carbocycles. The average Bonchev–Trinajstić information content (AvgIpc) is 3.34. The first-order valence-corrected chi connectivity index (χ1v) is 20.2. The zero-order valence-corrected chi connectivity index (χ0v) is 21.7. The van der Waals surface area contributed by atoms with Crippen molar-refractivity contribution in [2.45, 2.75) is 11.4 Å². The Hall–Kier alpha value is -1.18. The fraction of sp³-hybridized carbons (Fsp3) is 0.120. The first-order valence-electron chi connectivity index (χ1n) is 9.69. The Labute approximate surface area is 191 Å². The van der Waals surface area contributed by atoms with E-state index in [4.69, 9.17) is 0 Å². The predicted molar refractivity (Wildman–Crippen MR) is 130 cm³/mol. The zero-order valence-electron chi connectivity index (χ0n) is 16.2. The van der Waals surface area contributed by atoms with E-state index in [1.54, 1.807) is 11.1 Å². The molecule has 0 spiro atoms. The molecule has 2 unspecified atom stereocenters. The van der Waals surface area contributed by atoms with Crippen molar-refractivity contribution in [3.63, 3.8) is 0 Å². The fourth-order valence-electron chi connectivity index (χ4n) is 4.89. The van der Waals surface area contributed by atoms with Crippen LogP contribution in [0, 0.1) is 0 Å². The second-order valence-corrected chi connectivity index (χ2v) is 25.6. The van der Waals surface area contributed by atoms with Gasteiger partial charge in [-0.25, -0.2) is 0 Å². The van der Waals surface area contributed by atoms with Crippen LogP contribution in [0.5, 0.6) is 0 Å². The van der Waals surface area contributed by atoms with Gasteiger partial charge in [-0.1, -0.05) is 0 Å². The van der Waals surface area contributed by atoms with Gasteiger partial charge in [-0.2, -0.15) is 0 Å². The number of fused-ring (bicyclic) bond motifs is 2. The molecule has 3 aromatic rings. The molecule has 5 rings (SSSR count). The normalized spacial score (nSPS) is 20.1. The topological polar surface area (TPSA) is 0 Å². The van der Waals surface area contributed by atoms with Gasteiger partial charge in [0.15, 0.2) is 0 Å². The van der Waals surface area contributed by atoms with Crippen molar-refractivity contribution in [2.75, 3.05) is 0 Å². The van der Waals surface area contributed by atoms with Gasteiger partial charge in [0.25, 0.3) is 0 Å². The van der Waals surface area contributed by atoms with E-state index in [1.807, 2.05) is 0 Å². The SMILES string of the molecule is Cl.Cl.[SiH2]=[Zr]([CH2]c1ccccc1)([CH]1C=Cc2ccccc21)[CH]1C=Cc2ccccc21. The summed E-state index contributed by atoms with van der Waals surface area (Å²) in [6.45, 7) is 2.42. The molecule has 0 heterocycles. The van der Waals surface area contributed by atoms with Gasteiger partial charge in [0.2, 0.25) is 0 Å². The van der Waals surface area contributed by atoms with E-state index in [0.717, 1.165) is 0 Å². The Morgan fingerprint density at radius 1 is 0.621 bits per heavy atom. The van der Waals surface area contributed by atoms with E-state index in [1.165, 1.54) is 20.8 Å². The summed E-state index contributed by atoms with van der Waals surface area (Å²) in [5, 5.41) is 0. The number of hydrogen-bond acceptors (Lipinski definition) is 0. The molecule has 0 aliphatic heterocycles. The van der Waals surface area contributed by atoms with E-state index in [-0.39, 0.29) is 24.8 Å². The molecular weight excluding hydrogens is 490 g/mol. The predicted octanol–water partition coefficient (Wildman–Crippen LogP) is 6.27. The Balaban J connectivity index is 0.00000120. The summed E-state index contributed by atoms with van der Waals surface area (Å²) in [6.07, 6.45) is 9.81. The van der Waals surface area contributed by atoms with Gasteiger partial charge in [-0.15, -0.1) is 24.8 Å². The third-order valence-electron chi connectivity index (χ3n) is 6.21. The quantitative estimate of drug-likeness (QED) is 0.360. The Morgan fingerprint density at radius 3 is 1.59 bits per heavy atom. The number of halogens is 2. The van der Waals surface area contributed by atoms with Crippen molar-refractivity contribution in [3.8, 4) is 0 Å². The molecule has 0 aromatic heterocycles. The Bertz CT molecular complexity index is 1040. The number of benzene rings is 3. The van der Waals surface area contributed by atoms with Crippen molar-refractivity contribution < 1.29 is 18.9 Å². The average molecular weight is 516 g/mol. The van der Waals surface area contributed by atoms with E-state index in [9.17, 15) is 0 Å². The van der Waals surface area contributed by atoms with Crippen molar-refractivity contribution in [2.24, 2.45) is 0 Å². The fourth-order valence-corrected chi connectivity index (χ4v) is 22.0. The molecule has 0 fully saturated rings. The van der Waals surface area contributed by atoms with E-state index < -0.39 is 18.9 Å². The Kier molecular flexibility index (Phi) is 7.23. The van der Waals surface area contributed by atoms with Crippen LogP contribution in [0.4, 0.5) is 0 Å². The molecule has 29 heavy (non-hydrogen) atoms.